The molecule has 1 aliphatic heterocycles. The van der Waals surface area contributed by atoms with Gasteiger partial charge >= 0.3 is 0 Å². The van der Waals surface area contributed by atoms with Crippen LogP contribution in [0.5, 0.6) is 23.0 Å². The second kappa shape index (κ2) is 4.50. The van der Waals surface area contributed by atoms with Crippen LogP contribution >= 0.6 is 0 Å². The molecule has 2 aromatic carbocycles. The highest BCUT2D eigenvalue weighted by molar-refractivity contribution is 5.50. The van der Waals surface area contributed by atoms with Crippen molar-refractivity contribution in [3.8, 4) is 29.1 Å². The van der Waals surface area contributed by atoms with Gasteiger partial charge in [0.25, 0.3) is 0 Å². The van der Waals surface area contributed by atoms with E-state index in [1.165, 1.54) is 12.1 Å². The van der Waals surface area contributed by atoms with Gasteiger partial charge in [0.1, 0.15) is 23.4 Å². The van der Waals surface area contributed by atoms with Crippen LogP contribution < -0.4 is 14.2 Å². The van der Waals surface area contributed by atoms with Gasteiger partial charge in [0.15, 0.2) is 11.5 Å². The van der Waals surface area contributed by atoms with E-state index in [1.54, 1.807) is 18.2 Å². The normalized spacial score (nSPS) is 12.0. The van der Waals surface area contributed by atoms with E-state index in [9.17, 15) is 4.39 Å². The molecular weight excluding hydrogens is 249 g/mol. The Hall–Kier alpha value is -2.74. The minimum Gasteiger partial charge on any atom is -0.456 e. The number of halogens is 1. The molecule has 0 amide bonds. The fourth-order valence-corrected chi connectivity index (χ4v) is 1.75. The van der Waals surface area contributed by atoms with Crippen LogP contribution in [0.4, 0.5) is 4.39 Å². The third-order valence-corrected chi connectivity index (χ3v) is 2.63. The average Bonchev–Trinajstić information content (AvgIpc) is 2.88. The maximum Gasteiger partial charge on any atom is 0.231 e. The van der Waals surface area contributed by atoms with E-state index in [2.05, 4.69) is 0 Å². The van der Waals surface area contributed by atoms with Gasteiger partial charge in [-0.2, -0.15) is 5.26 Å². The molecule has 3 rings (SSSR count). The summed E-state index contributed by atoms with van der Waals surface area (Å²) in [5, 5.41) is 8.93. The predicted molar refractivity (Wildman–Crippen MR) is 63.8 cm³/mol. The number of ether oxygens (including phenoxy) is 3. The van der Waals surface area contributed by atoms with Crippen LogP contribution in [0.3, 0.4) is 0 Å². The topological polar surface area (TPSA) is 51.5 Å². The molecule has 0 aliphatic carbocycles. The molecule has 0 unspecified atom stereocenters. The summed E-state index contributed by atoms with van der Waals surface area (Å²) in [5.74, 6) is 1.54. The Morgan fingerprint density at radius 3 is 2.79 bits per heavy atom. The second-order valence-corrected chi connectivity index (χ2v) is 3.87. The number of hydrogen-bond acceptors (Lipinski definition) is 4. The Bertz CT molecular complexity index is 679. The van der Waals surface area contributed by atoms with Crippen LogP contribution in [0.1, 0.15) is 5.56 Å². The molecule has 4 nitrogen and oxygen atoms in total. The van der Waals surface area contributed by atoms with Crippen LogP contribution in [-0.4, -0.2) is 6.79 Å². The van der Waals surface area contributed by atoms with Gasteiger partial charge in [-0.05, 0) is 30.3 Å². The van der Waals surface area contributed by atoms with E-state index in [1.807, 2.05) is 6.07 Å². The quantitative estimate of drug-likeness (QED) is 0.828. The molecule has 0 aromatic heterocycles. The van der Waals surface area contributed by atoms with Crippen LogP contribution in [-0.2, 0) is 0 Å². The van der Waals surface area contributed by atoms with Gasteiger partial charge in [-0.1, -0.05) is 0 Å². The molecule has 0 fully saturated rings. The number of nitriles is 1. The molecular formula is C14H8FNO3. The molecule has 19 heavy (non-hydrogen) atoms. The number of nitrogens with zero attached hydrogens (tertiary/aromatic N) is 1. The zero-order valence-corrected chi connectivity index (χ0v) is 9.72. The minimum atomic E-state index is -0.477. The number of hydrogen-bond donors (Lipinski definition) is 0. The van der Waals surface area contributed by atoms with Crippen LogP contribution in [0.25, 0.3) is 0 Å². The van der Waals surface area contributed by atoms with E-state index in [-0.39, 0.29) is 12.4 Å². The van der Waals surface area contributed by atoms with Crippen LogP contribution in [0.15, 0.2) is 36.4 Å². The van der Waals surface area contributed by atoms with Crippen LogP contribution in [0.2, 0.25) is 0 Å². The molecule has 1 heterocycles. The third-order valence-electron chi connectivity index (χ3n) is 2.63. The largest absolute Gasteiger partial charge is 0.456 e. The first-order chi connectivity index (χ1) is 9.26. The maximum absolute atomic E-state index is 13.0. The van der Waals surface area contributed by atoms with Gasteiger partial charge in [0, 0.05) is 6.07 Å². The minimum absolute atomic E-state index is 0.137. The Kier molecular flexibility index (Phi) is 2.69. The maximum atomic E-state index is 13.0. The van der Waals surface area contributed by atoms with Crippen molar-refractivity contribution in [1.82, 2.24) is 0 Å². The summed E-state index contributed by atoms with van der Waals surface area (Å²) in [7, 11) is 0. The summed E-state index contributed by atoms with van der Waals surface area (Å²) in [5.41, 5.74) is 0.137. The van der Waals surface area contributed by atoms with Crippen molar-refractivity contribution in [1.29, 1.82) is 5.26 Å². The lowest BCUT2D eigenvalue weighted by atomic mass is 10.2. The first-order valence-corrected chi connectivity index (χ1v) is 5.53. The Labute approximate surface area is 108 Å². The van der Waals surface area contributed by atoms with E-state index < -0.39 is 5.82 Å². The molecule has 0 saturated carbocycles. The molecule has 0 bridgehead atoms. The van der Waals surface area contributed by atoms with Crippen molar-refractivity contribution < 1.29 is 18.6 Å². The molecule has 0 N–H and O–H groups in total. The summed E-state index contributed by atoms with van der Waals surface area (Å²) in [6.07, 6.45) is 0. The lowest BCUT2D eigenvalue weighted by Crippen LogP contribution is -1.93. The van der Waals surface area contributed by atoms with Gasteiger partial charge in [0.2, 0.25) is 6.79 Å². The zero-order valence-electron chi connectivity index (χ0n) is 9.72. The van der Waals surface area contributed by atoms with E-state index in [4.69, 9.17) is 19.5 Å². The van der Waals surface area contributed by atoms with Crippen LogP contribution in [0, 0.1) is 17.1 Å². The molecule has 0 saturated heterocycles. The Morgan fingerprint density at radius 1 is 1.11 bits per heavy atom. The molecule has 5 heteroatoms. The van der Waals surface area contributed by atoms with Gasteiger partial charge in [-0.15, -0.1) is 0 Å². The fourth-order valence-electron chi connectivity index (χ4n) is 1.75. The zero-order chi connectivity index (χ0) is 13.2. The summed E-state index contributed by atoms with van der Waals surface area (Å²) in [6, 6.07) is 10.7. The smallest absolute Gasteiger partial charge is 0.231 e. The summed E-state index contributed by atoms with van der Waals surface area (Å²) >= 11 is 0. The molecule has 2 aromatic rings. The van der Waals surface area contributed by atoms with Gasteiger partial charge in [-0.3, -0.25) is 0 Å². The molecule has 94 valence electrons. The highest BCUT2D eigenvalue weighted by Gasteiger charge is 2.14. The summed E-state index contributed by atoms with van der Waals surface area (Å²) < 4.78 is 29.0. The second-order valence-electron chi connectivity index (χ2n) is 3.87. The van der Waals surface area contributed by atoms with Crippen molar-refractivity contribution in [2.45, 2.75) is 0 Å². The van der Waals surface area contributed by atoms with E-state index in [0.29, 0.717) is 23.0 Å². The van der Waals surface area contributed by atoms with Crippen molar-refractivity contribution >= 4 is 0 Å². The molecule has 0 atom stereocenters. The average molecular weight is 257 g/mol. The van der Waals surface area contributed by atoms with E-state index in [0.717, 1.165) is 6.07 Å². The van der Waals surface area contributed by atoms with Crippen molar-refractivity contribution in [3.05, 3.63) is 47.8 Å². The monoisotopic (exact) mass is 257 g/mol. The SMILES string of the molecule is N#Cc1cc(F)ccc1Oc1ccc2c(c1)OCO2. The van der Waals surface area contributed by atoms with Gasteiger partial charge in [-0.25, -0.2) is 4.39 Å². The fraction of sp³-hybridized carbons (Fsp3) is 0.0714. The van der Waals surface area contributed by atoms with Gasteiger partial charge < -0.3 is 14.2 Å². The van der Waals surface area contributed by atoms with E-state index >= 15 is 0 Å². The Balaban J connectivity index is 1.92. The first-order valence-electron chi connectivity index (χ1n) is 5.53. The summed E-state index contributed by atoms with van der Waals surface area (Å²) in [4.78, 5) is 0. The van der Waals surface area contributed by atoms with Crippen molar-refractivity contribution in [2.24, 2.45) is 0 Å². The number of fused-ring (bicyclic) bond motifs is 1. The van der Waals surface area contributed by atoms with Crippen molar-refractivity contribution in [3.63, 3.8) is 0 Å². The lowest BCUT2D eigenvalue weighted by molar-refractivity contribution is 0.174. The number of benzene rings is 2. The number of rotatable bonds is 2. The summed E-state index contributed by atoms with van der Waals surface area (Å²) in [6.45, 7) is 0.179. The first kappa shape index (κ1) is 11.4. The standard InChI is InChI=1S/C14H8FNO3/c15-10-1-3-12(9(5-10)7-16)19-11-2-4-13-14(6-11)18-8-17-13/h1-6H,8H2. The third kappa shape index (κ3) is 2.16. The van der Waals surface area contributed by atoms with Crippen molar-refractivity contribution in [2.75, 3.05) is 6.79 Å². The predicted octanol–water partition coefficient (Wildman–Crippen LogP) is 3.22. The molecule has 0 spiro atoms. The highest BCUT2D eigenvalue weighted by atomic mass is 19.1. The molecule has 0 radical (unpaired) electrons. The highest BCUT2D eigenvalue weighted by Crippen LogP contribution is 2.37. The lowest BCUT2D eigenvalue weighted by Gasteiger charge is -2.07. The van der Waals surface area contributed by atoms with Gasteiger partial charge in [0.05, 0.1) is 5.56 Å². The Morgan fingerprint density at radius 2 is 1.95 bits per heavy atom. The molecule has 1 aliphatic rings.